The van der Waals surface area contributed by atoms with Gasteiger partial charge in [0.25, 0.3) is 0 Å². The first-order valence-corrected chi connectivity index (χ1v) is 12.3. The van der Waals surface area contributed by atoms with Gasteiger partial charge in [-0.05, 0) is 51.2 Å². The molecule has 0 radical (unpaired) electrons. The van der Waals surface area contributed by atoms with Crippen LogP contribution in [0.2, 0.25) is 5.02 Å². The number of anilines is 1. The number of hydrogen-bond acceptors (Lipinski definition) is 6. The summed E-state index contributed by atoms with van der Waals surface area (Å²) >= 11 is 6.37. The van der Waals surface area contributed by atoms with Crippen molar-refractivity contribution in [2.24, 2.45) is 17.8 Å². The minimum Gasteiger partial charge on any atom is -0.466 e. The second-order valence-electron chi connectivity index (χ2n) is 9.87. The zero-order valence-electron chi connectivity index (χ0n) is 20.3. The number of likely N-dealkylation sites (tertiary alicyclic amines) is 1. The molecule has 3 unspecified atom stereocenters. The predicted molar refractivity (Wildman–Crippen MR) is 126 cm³/mol. The first-order chi connectivity index (χ1) is 16.1. The topological polar surface area (TPSA) is 105 Å². The summed E-state index contributed by atoms with van der Waals surface area (Å²) in [4.78, 5) is 42.4. The highest BCUT2D eigenvalue weighted by Gasteiger charge is 2.80. The molecule has 2 bridgehead atoms. The molecule has 0 aliphatic carbocycles. The summed E-state index contributed by atoms with van der Waals surface area (Å²) in [5.74, 6) is -3.07. The van der Waals surface area contributed by atoms with Crippen LogP contribution in [0.25, 0.3) is 0 Å². The van der Waals surface area contributed by atoms with Crippen LogP contribution in [-0.2, 0) is 23.9 Å². The molecule has 0 aromatic heterocycles. The number of carbonyl (C=O) groups is 3. The van der Waals surface area contributed by atoms with Crippen LogP contribution in [0.1, 0.15) is 46.1 Å². The fraction of sp³-hybridized carbons (Fsp3) is 0.640. The van der Waals surface area contributed by atoms with E-state index in [1.807, 2.05) is 33.8 Å². The van der Waals surface area contributed by atoms with Crippen molar-refractivity contribution in [3.05, 3.63) is 28.8 Å². The van der Waals surface area contributed by atoms with Gasteiger partial charge in [0, 0.05) is 0 Å². The second-order valence-corrected chi connectivity index (χ2v) is 10.3. The van der Waals surface area contributed by atoms with Crippen LogP contribution >= 0.6 is 11.6 Å². The lowest BCUT2D eigenvalue weighted by molar-refractivity contribution is -0.161. The summed E-state index contributed by atoms with van der Waals surface area (Å²) in [5, 5.41) is 13.4. The second kappa shape index (κ2) is 8.81. The highest BCUT2D eigenvalue weighted by molar-refractivity contribution is 6.34. The normalized spacial score (nSPS) is 34.8. The molecular weight excluding hydrogens is 460 g/mol. The van der Waals surface area contributed by atoms with Gasteiger partial charge in [0.1, 0.15) is 17.6 Å². The van der Waals surface area contributed by atoms with E-state index in [1.165, 1.54) is 4.90 Å². The maximum Gasteiger partial charge on any atom is 0.312 e. The van der Waals surface area contributed by atoms with E-state index in [9.17, 15) is 19.5 Å². The average molecular weight is 493 g/mol. The third-order valence-corrected chi connectivity index (χ3v) is 8.40. The molecule has 0 saturated carbocycles. The number of carbonyl (C=O) groups excluding carboxylic acids is 3. The number of ether oxygens (including phenoxy) is 2. The summed E-state index contributed by atoms with van der Waals surface area (Å²) < 4.78 is 12.0. The van der Waals surface area contributed by atoms with Crippen molar-refractivity contribution in [1.29, 1.82) is 0 Å². The number of benzene rings is 1. The molecule has 3 fully saturated rings. The lowest BCUT2D eigenvalue weighted by Crippen LogP contribution is -2.56. The predicted octanol–water partition coefficient (Wildman–Crippen LogP) is 2.93. The number of hydrogen-bond donors (Lipinski definition) is 2. The van der Waals surface area contributed by atoms with Gasteiger partial charge in [-0.2, -0.15) is 0 Å². The highest BCUT2D eigenvalue weighted by Crippen LogP contribution is 2.65. The van der Waals surface area contributed by atoms with Crippen molar-refractivity contribution in [2.75, 3.05) is 18.5 Å². The van der Waals surface area contributed by atoms with E-state index in [2.05, 4.69) is 5.32 Å². The minimum atomic E-state index is -1.20. The van der Waals surface area contributed by atoms with E-state index >= 15 is 0 Å². The Kier molecular flexibility index (Phi) is 6.46. The van der Waals surface area contributed by atoms with E-state index in [-0.39, 0.29) is 25.0 Å². The third-order valence-electron chi connectivity index (χ3n) is 8.09. The number of aryl methyl sites for hydroxylation is 1. The number of para-hydroxylation sites is 1. The lowest BCUT2D eigenvalue weighted by atomic mass is 9.62. The van der Waals surface area contributed by atoms with Crippen LogP contribution in [-0.4, -0.2) is 64.3 Å². The molecule has 9 heteroatoms. The van der Waals surface area contributed by atoms with Gasteiger partial charge >= 0.3 is 5.97 Å². The molecule has 1 aromatic carbocycles. The van der Waals surface area contributed by atoms with Crippen molar-refractivity contribution in [2.45, 2.75) is 70.7 Å². The van der Waals surface area contributed by atoms with E-state index in [1.54, 1.807) is 19.1 Å². The van der Waals surface area contributed by atoms with E-state index < -0.39 is 47.0 Å². The molecule has 1 aromatic rings. The number of nitrogens with zero attached hydrogens (tertiary/aromatic N) is 1. The molecule has 186 valence electrons. The SMILES string of the molecule is CCOC(=O)[C@H]1[C@H]2C(=O)N([C@@H](CC)CO)C(C(=O)Nc3c(C)cccc3Cl)C23CC(C)[C@]1(C)O3. The Morgan fingerprint density at radius 1 is 1.38 bits per heavy atom. The van der Waals surface area contributed by atoms with Crippen molar-refractivity contribution in [3.8, 4) is 0 Å². The molecule has 3 heterocycles. The van der Waals surface area contributed by atoms with Gasteiger partial charge in [-0.25, -0.2) is 0 Å². The van der Waals surface area contributed by atoms with Gasteiger partial charge in [0.2, 0.25) is 11.8 Å². The van der Waals surface area contributed by atoms with Gasteiger partial charge in [-0.1, -0.05) is 37.6 Å². The monoisotopic (exact) mass is 492 g/mol. The maximum absolute atomic E-state index is 13.9. The molecule has 8 nitrogen and oxygen atoms in total. The molecule has 4 rings (SSSR count). The lowest BCUT2D eigenvalue weighted by Gasteiger charge is -2.36. The Labute approximate surface area is 204 Å². The summed E-state index contributed by atoms with van der Waals surface area (Å²) in [6.07, 6.45) is 0.880. The molecule has 2 amide bonds. The fourth-order valence-electron chi connectivity index (χ4n) is 6.36. The Hall–Kier alpha value is -2.16. The largest absolute Gasteiger partial charge is 0.466 e. The molecule has 1 spiro atoms. The van der Waals surface area contributed by atoms with Crippen LogP contribution in [0.15, 0.2) is 18.2 Å². The summed E-state index contributed by atoms with van der Waals surface area (Å²) in [5.41, 5.74) is -0.892. The molecule has 34 heavy (non-hydrogen) atoms. The van der Waals surface area contributed by atoms with Crippen LogP contribution in [0.3, 0.4) is 0 Å². The van der Waals surface area contributed by atoms with Gasteiger partial charge in [-0.15, -0.1) is 0 Å². The van der Waals surface area contributed by atoms with E-state index in [0.717, 1.165) is 5.56 Å². The Bertz CT molecular complexity index is 993. The van der Waals surface area contributed by atoms with Crippen LogP contribution in [0, 0.1) is 24.7 Å². The van der Waals surface area contributed by atoms with E-state index in [4.69, 9.17) is 21.1 Å². The van der Waals surface area contributed by atoms with E-state index in [0.29, 0.717) is 23.6 Å². The zero-order chi connectivity index (χ0) is 25.0. The molecule has 3 aliphatic heterocycles. The summed E-state index contributed by atoms with van der Waals surface area (Å²) in [7, 11) is 0. The van der Waals surface area contributed by atoms with Crippen molar-refractivity contribution in [1.82, 2.24) is 4.90 Å². The standard InChI is InChI=1S/C25H33ClN2O6/c1-6-15(12-29)28-20(21(30)27-19-13(3)9-8-10-16(19)26)25-11-14(4)24(5,34-25)18(17(25)22(28)31)23(32)33-7-2/h8-10,14-15,17-18,20,29H,6-7,11-12H2,1-5H3,(H,27,30)/t14?,15-,17-,18+,20?,24-,25?/m0/s1. The van der Waals surface area contributed by atoms with Crippen LogP contribution < -0.4 is 5.32 Å². The van der Waals surface area contributed by atoms with Crippen molar-refractivity contribution in [3.63, 3.8) is 0 Å². The molecular formula is C25H33ClN2O6. The number of fused-ring (bicyclic) bond motifs is 1. The Balaban J connectivity index is 1.83. The summed E-state index contributed by atoms with van der Waals surface area (Å²) in [6.45, 7) is 9.08. The first-order valence-electron chi connectivity index (χ1n) is 11.9. The summed E-state index contributed by atoms with van der Waals surface area (Å²) in [6, 6.07) is 3.69. The number of halogens is 1. The minimum absolute atomic E-state index is 0.0857. The van der Waals surface area contributed by atoms with Crippen LogP contribution in [0.5, 0.6) is 0 Å². The van der Waals surface area contributed by atoms with Crippen molar-refractivity contribution < 1.29 is 29.0 Å². The number of rotatable bonds is 7. The first kappa shape index (κ1) is 24.9. The highest BCUT2D eigenvalue weighted by atomic mass is 35.5. The molecule has 3 aliphatic rings. The zero-order valence-corrected chi connectivity index (χ0v) is 21.0. The Morgan fingerprint density at radius 3 is 2.68 bits per heavy atom. The number of amides is 2. The molecule has 2 N–H and O–H groups in total. The number of esters is 1. The van der Waals surface area contributed by atoms with Gasteiger partial charge in [-0.3, -0.25) is 14.4 Å². The van der Waals surface area contributed by atoms with Crippen molar-refractivity contribution >= 4 is 35.1 Å². The number of aliphatic hydroxyl groups is 1. The van der Waals surface area contributed by atoms with Gasteiger partial charge in [0.05, 0.1) is 41.5 Å². The fourth-order valence-corrected chi connectivity index (χ4v) is 6.62. The number of aliphatic hydroxyl groups excluding tert-OH is 1. The maximum atomic E-state index is 13.9. The quantitative estimate of drug-likeness (QED) is 0.567. The smallest absolute Gasteiger partial charge is 0.312 e. The number of nitrogens with one attached hydrogen (secondary N) is 1. The van der Waals surface area contributed by atoms with Gasteiger partial charge < -0.3 is 24.8 Å². The average Bonchev–Trinajstić information content (AvgIpc) is 3.29. The third kappa shape index (κ3) is 3.37. The van der Waals surface area contributed by atoms with Crippen LogP contribution in [0.4, 0.5) is 5.69 Å². The molecule has 7 atom stereocenters. The Morgan fingerprint density at radius 2 is 2.09 bits per heavy atom. The molecule has 3 saturated heterocycles. The van der Waals surface area contributed by atoms with Gasteiger partial charge in [0.15, 0.2) is 0 Å².